The van der Waals surface area contributed by atoms with E-state index in [9.17, 15) is 0 Å². The highest BCUT2D eigenvalue weighted by Crippen LogP contribution is 2.21. The Morgan fingerprint density at radius 3 is 1.90 bits per heavy atom. The van der Waals surface area contributed by atoms with Crippen LogP contribution in [-0.4, -0.2) is 6.10 Å². The molecule has 118 valence electrons. The van der Waals surface area contributed by atoms with Crippen LogP contribution >= 0.6 is 0 Å². The van der Waals surface area contributed by atoms with Crippen molar-refractivity contribution in [3.8, 4) is 0 Å². The van der Waals surface area contributed by atoms with Gasteiger partial charge in [-0.2, -0.15) is 0 Å². The summed E-state index contributed by atoms with van der Waals surface area (Å²) in [4.78, 5) is 0. The van der Waals surface area contributed by atoms with Gasteiger partial charge in [0.25, 0.3) is 0 Å². The molecule has 1 nitrogen and oxygen atoms in total. The van der Waals surface area contributed by atoms with Crippen molar-refractivity contribution >= 4 is 0 Å². The van der Waals surface area contributed by atoms with Gasteiger partial charge in [0.05, 0.1) is 11.9 Å². The molecule has 0 amide bonds. The molecule has 0 saturated carbocycles. The zero-order valence-electron chi connectivity index (χ0n) is 14.1. The van der Waals surface area contributed by atoms with Crippen LogP contribution in [0.25, 0.3) is 0 Å². The van der Waals surface area contributed by atoms with E-state index in [1.807, 2.05) is 0 Å². The first-order chi connectivity index (χ1) is 9.68. The molecule has 0 fully saturated rings. The molecule has 0 spiro atoms. The second kappa shape index (κ2) is 11.2. The summed E-state index contributed by atoms with van der Waals surface area (Å²) < 4.78 is 6.01. The molecule has 1 aliphatic carbocycles. The van der Waals surface area contributed by atoms with E-state index in [4.69, 9.17) is 4.74 Å². The molecule has 1 rings (SSSR count). The minimum atomic E-state index is 0.315. The maximum absolute atomic E-state index is 6.01. The fraction of sp³-hybridized carbons (Fsp3) is 0.895. The van der Waals surface area contributed by atoms with Gasteiger partial charge >= 0.3 is 0 Å². The summed E-state index contributed by atoms with van der Waals surface area (Å²) in [6, 6.07) is 0. The van der Waals surface area contributed by atoms with Gasteiger partial charge in [0.1, 0.15) is 0 Å². The molecule has 0 radical (unpaired) electrons. The first-order valence-corrected chi connectivity index (χ1v) is 9.06. The van der Waals surface area contributed by atoms with E-state index in [1.54, 1.807) is 0 Å². The van der Waals surface area contributed by atoms with Crippen molar-refractivity contribution in [1.29, 1.82) is 0 Å². The van der Waals surface area contributed by atoms with Crippen molar-refractivity contribution in [3.63, 3.8) is 0 Å². The highest BCUT2D eigenvalue weighted by molar-refractivity contribution is 4.96. The highest BCUT2D eigenvalue weighted by atomic mass is 16.5. The van der Waals surface area contributed by atoms with E-state index in [0.717, 1.165) is 6.42 Å². The van der Waals surface area contributed by atoms with E-state index in [0.29, 0.717) is 12.0 Å². The maximum atomic E-state index is 6.01. The third-order valence-electron chi connectivity index (χ3n) is 4.19. The molecule has 0 heterocycles. The minimum Gasteiger partial charge on any atom is -0.496 e. The molecule has 1 heteroatoms. The third-order valence-corrected chi connectivity index (χ3v) is 4.19. The summed E-state index contributed by atoms with van der Waals surface area (Å²) in [5, 5.41) is 0. The predicted molar refractivity (Wildman–Crippen MR) is 88.9 cm³/mol. The lowest BCUT2D eigenvalue weighted by Crippen LogP contribution is -2.04. The number of hydrogen-bond donors (Lipinski definition) is 0. The molecule has 0 bridgehead atoms. The molecule has 0 N–H and O–H groups in total. The molecule has 0 saturated heterocycles. The van der Waals surface area contributed by atoms with Crippen molar-refractivity contribution in [2.24, 2.45) is 5.92 Å². The zero-order valence-corrected chi connectivity index (χ0v) is 14.1. The molecule has 0 aromatic carbocycles. The Hall–Kier alpha value is -0.460. The van der Waals surface area contributed by atoms with Crippen molar-refractivity contribution in [3.05, 3.63) is 11.8 Å². The van der Waals surface area contributed by atoms with Gasteiger partial charge in [-0.15, -0.1) is 0 Å². The largest absolute Gasteiger partial charge is 0.496 e. The number of allylic oxidation sites excluding steroid dienone is 2. The van der Waals surface area contributed by atoms with E-state index in [1.165, 1.54) is 76.4 Å². The number of hydrogen-bond acceptors (Lipinski definition) is 1. The van der Waals surface area contributed by atoms with Gasteiger partial charge < -0.3 is 4.74 Å². The van der Waals surface area contributed by atoms with Gasteiger partial charge in [0, 0.05) is 6.42 Å². The fourth-order valence-electron chi connectivity index (χ4n) is 3.06. The molecule has 0 aliphatic heterocycles. The topological polar surface area (TPSA) is 9.23 Å². The van der Waals surface area contributed by atoms with Gasteiger partial charge in [-0.1, -0.05) is 64.7 Å². The Morgan fingerprint density at radius 2 is 1.35 bits per heavy atom. The average Bonchev–Trinajstić information content (AvgIpc) is 2.39. The monoisotopic (exact) mass is 280 g/mol. The van der Waals surface area contributed by atoms with Crippen molar-refractivity contribution in [2.45, 2.75) is 104 Å². The Kier molecular flexibility index (Phi) is 9.87. The first-order valence-electron chi connectivity index (χ1n) is 9.06. The van der Waals surface area contributed by atoms with E-state index in [-0.39, 0.29) is 0 Å². The summed E-state index contributed by atoms with van der Waals surface area (Å²) in [7, 11) is 0. The summed E-state index contributed by atoms with van der Waals surface area (Å²) in [6.45, 7) is 6.63. The molecule has 1 atom stereocenters. The van der Waals surface area contributed by atoms with Crippen molar-refractivity contribution < 1.29 is 4.74 Å². The van der Waals surface area contributed by atoms with E-state index >= 15 is 0 Å². The van der Waals surface area contributed by atoms with Gasteiger partial charge in [0.15, 0.2) is 0 Å². The molecule has 1 unspecified atom stereocenters. The quantitative estimate of drug-likeness (QED) is 0.552. The Labute approximate surface area is 127 Å². The molecule has 0 aromatic rings. The molecule has 0 aromatic heterocycles. The SMILES string of the molecule is CC1/C=C(\OC(C)C)CCCCCCCCCCCC1. The van der Waals surface area contributed by atoms with Crippen LogP contribution in [0.5, 0.6) is 0 Å². The average molecular weight is 280 g/mol. The summed E-state index contributed by atoms with van der Waals surface area (Å²) in [5.41, 5.74) is 0. The van der Waals surface area contributed by atoms with E-state index in [2.05, 4.69) is 26.8 Å². The van der Waals surface area contributed by atoms with Crippen LogP contribution in [0.3, 0.4) is 0 Å². The number of ether oxygens (including phenoxy) is 1. The molecular formula is C19H36O. The van der Waals surface area contributed by atoms with Crippen LogP contribution in [0.2, 0.25) is 0 Å². The molecule has 1 aliphatic rings. The maximum Gasteiger partial charge on any atom is 0.0926 e. The lowest BCUT2D eigenvalue weighted by molar-refractivity contribution is 0.136. The zero-order chi connectivity index (χ0) is 14.6. The van der Waals surface area contributed by atoms with Gasteiger partial charge in [0.2, 0.25) is 0 Å². The Bertz CT molecular complexity index is 254. The lowest BCUT2D eigenvalue weighted by Gasteiger charge is -2.16. The summed E-state index contributed by atoms with van der Waals surface area (Å²) in [6.07, 6.45) is 19.3. The minimum absolute atomic E-state index is 0.315. The Balaban J connectivity index is 2.47. The van der Waals surface area contributed by atoms with Crippen LogP contribution in [0.4, 0.5) is 0 Å². The lowest BCUT2D eigenvalue weighted by atomic mass is 10.0. The smallest absolute Gasteiger partial charge is 0.0926 e. The standard InChI is InChI=1S/C19H36O/c1-17(2)20-19-15-13-11-9-7-5-4-6-8-10-12-14-18(3)16-19/h16-18H,4-15H2,1-3H3/b19-16-. The fourth-order valence-corrected chi connectivity index (χ4v) is 3.06. The molecular weight excluding hydrogens is 244 g/mol. The Morgan fingerprint density at radius 1 is 0.850 bits per heavy atom. The number of rotatable bonds is 2. The van der Waals surface area contributed by atoms with Gasteiger partial charge in [-0.25, -0.2) is 0 Å². The third kappa shape index (κ3) is 9.44. The summed E-state index contributed by atoms with van der Waals surface area (Å²) >= 11 is 0. The highest BCUT2D eigenvalue weighted by Gasteiger charge is 2.06. The predicted octanol–water partition coefficient (Wildman–Crippen LogP) is 6.63. The van der Waals surface area contributed by atoms with Crippen LogP contribution in [-0.2, 0) is 4.74 Å². The second-order valence-corrected chi connectivity index (χ2v) is 6.85. The normalized spacial score (nSPS) is 27.2. The van der Waals surface area contributed by atoms with Crippen molar-refractivity contribution in [2.75, 3.05) is 0 Å². The van der Waals surface area contributed by atoms with Gasteiger partial charge in [-0.05, 0) is 38.7 Å². The molecule has 20 heavy (non-hydrogen) atoms. The second-order valence-electron chi connectivity index (χ2n) is 6.85. The van der Waals surface area contributed by atoms with E-state index < -0.39 is 0 Å². The van der Waals surface area contributed by atoms with Crippen molar-refractivity contribution in [1.82, 2.24) is 0 Å². The first kappa shape index (κ1) is 17.6. The van der Waals surface area contributed by atoms with Crippen LogP contribution < -0.4 is 0 Å². The van der Waals surface area contributed by atoms with Crippen LogP contribution in [0.1, 0.15) is 97.8 Å². The van der Waals surface area contributed by atoms with Crippen LogP contribution in [0.15, 0.2) is 11.8 Å². The summed E-state index contributed by atoms with van der Waals surface area (Å²) in [5.74, 6) is 1.93. The van der Waals surface area contributed by atoms with Gasteiger partial charge in [-0.3, -0.25) is 0 Å². The van der Waals surface area contributed by atoms with Crippen LogP contribution in [0, 0.1) is 5.92 Å².